The number of hydrogen-bond acceptors (Lipinski definition) is 3. The summed E-state index contributed by atoms with van der Waals surface area (Å²) >= 11 is 0. The lowest BCUT2D eigenvalue weighted by atomic mass is 9.78. The van der Waals surface area contributed by atoms with Crippen molar-refractivity contribution in [2.45, 2.75) is 52.1 Å². The molecule has 5 nitrogen and oxygen atoms in total. The van der Waals surface area contributed by atoms with E-state index in [1.54, 1.807) is 4.90 Å². The summed E-state index contributed by atoms with van der Waals surface area (Å²) < 4.78 is 26.6. The van der Waals surface area contributed by atoms with Crippen molar-refractivity contribution >= 4 is 11.8 Å². The molecule has 0 radical (unpaired) electrons. The third kappa shape index (κ3) is 4.69. The van der Waals surface area contributed by atoms with Gasteiger partial charge < -0.3 is 15.1 Å². The van der Waals surface area contributed by atoms with E-state index >= 15 is 0 Å². The Morgan fingerprint density at radius 3 is 2.71 bits per heavy atom. The summed E-state index contributed by atoms with van der Waals surface area (Å²) in [7, 11) is 0. The molecule has 154 valence electrons. The van der Waals surface area contributed by atoms with Gasteiger partial charge in [-0.2, -0.15) is 0 Å². The SMILES string of the molecule is CC(C)NC(=O)CCN1CC[C@]2(CCCN(Cc3ccc(F)c(F)c3)C2=O)C1. The Hall–Kier alpha value is -2.02. The molecule has 28 heavy (non-hydrogen) atoms. The molecular formula is C21H29F2N3O2. The molecule has 1 N–H and O–H groups in total. The first-order valence-corrected chi connectivity index (χ1v) is 10.0. The third-order valence-electron chi connectivity index (χ3n) is 5.72. The molecule has 1 aromatic rings. The van der Waals surface area contributed by atoms with Crippen LogP contribution >= 0.6 is 0 Å². The predicted octanol–water partition coefficient (Wildman–Crippen LogP) is 2.69. The van der Waals surface area contributed by atoms with Crippen LogP contribution in [0.15, 0.2) is 18.2 Å². The predicted molar refractivity (Wildman–Crippen MR) is 102 cm³/mol. The molecule has 2 amide bonds. The highest BCUT2D eigenvalue weighted by molar-refractivity contribution is 5.84. The van der Waals surface area contributed by atoms with Crippen molar-refractivity contribution in [3.63, 3.8) is 0 Å². The Bertz CT molecular complexity index is 740. The van der Waals surface area contributed by atoms with E-state index < -0.39 is 17.0 Å². The molecule has 0 saturated carbocycles. The number of carbonyl (C=O) groups excluding carboxylic acids is 2. The van der Waals surface area contributed by atoms with Crippen molar-refractivity contribution in [1.82, 2.24) is 15.1 Å². The van der Waals surface area contributed by atoms with E-state index in [-0.39, 0.29) is 17.9 Å². The van der Waals surface area contributed by atoms with Gasteiger partial charge in [-0.05, 0) is 57.4 Å². The Morgan fingerprint density at radius 2 is 2.00 bits per heavy atom. The maximum atomic E-state index is 13.5. The molecule has 1 aromatic carbocycles. The molecule has 7 heteroatoms. The van der Waals surface area contributed by atoms with Crippen LogP contribution in [0.3, 0.4) is 0 Å². The Balaban J connectivity index is 1.59. The molecule has 1 atom stereocenters. The fourth-order valence-corrected chi connectivity index (χ4v) is 4.34. The monoisotopic (exact) mass is 393 g/mol. The molecule has 3 rings (SSSR count). The lowest BCUT2D eigenvalue weighted by Gasteiger charge is -2.39. The van der Waals surface area contributed by atoms with Crippen molar-refractivity contribution in [3.05, 3.63) is 35.4 Å². The van der Waals surface area contributed by atoms with Crippen LogP contribution in [0, 0.1) is 17.0 Å². The molecule has 1 spiro atoms. The summed E-state index contributed by atoms with van der Waals surface area (Å²) in [6.45, 7) is 6.92. The normalized spacial score (nSPS) is 23.0. The summed E-state index contributed by atoms with van der Waals surface area (Å²) in [5.74, 6) is -1.63. The van der Waals surface area contributed by atoms with Crippen LogP contribution in [0.5, 0.6) is 0 Å². The molecule has 2 heterocycles. The van der Waals surface area contributed by atoms with Crippen LogP contribution in [0.4, 0.5) is 8.78 Å². The molecule has 2 aliphatic heterocycles. The molecule has 0 bridgehead atoms. The van der Waals surface area contributed by atoms with Gasteiger partial charge in [0.2, 0.25) is 11.8 Å². The van der Waals surface area contributed by atoms with Crippen molar-refractivity contribution in [1.29, 1.82) is 0 Å². The van der Waals surface area contributed by atoms with Gasteiger partial charge in [0.1, 0.15) is 0 Å². The summed E-state index contributed by atoms with van der Waals surface area (Å²) in [5.41, 5.74) is 0.190. The summed E-state index contributed by atoms with van der Waals surface area (Å²) in [5, 5.41) is 2.89. The van der Waals surface area contributed by atoms with Gasteiger partial charge in [0.25, 0.3) is 0 Å². The number of likely N-dealkylation sites (tertiary alicyclic amines) is 2. The standard InChI is InChI=1S/C21H29F2N3O2/c1-15(2)24-19(27)6-10-25-11-8-21(14-25)7-3-9-26(20(21)28)13-16-4-5-17(22)18(23)12-16/h4-5,12,15H,3,6-11,13-14H2,1-2H3,(H,24,27)/t21-/m1/s1. The van der Waals surface area contributed by atoms with Gasteiger partial charge in [0.05, 0.1) is 5.41 Å². The minimum atomic E-state index is -0.886. The summed E-state index contributed by atoms with van der Waals surface area (Å²) in [6.07, 6.45) is 2.96. The maximum absolute atomic E-state index is 13.5. The second-order valence-corrected chi connectivity index (χ2v) is 8.36. The minimum Gasteiger partial charge on any atom is -0.354 e. The zero-order chi connectivity index (χ0) is 20.3. The highest BCUT2D eigenvalue weighted by atomic mass is 19.2. The molecule has 2 aliphatic rings. The topological polar surface area (TPSA) is 52.7 Å². The van der Waals surface area contributed by atoms with E-state index in [1.165, 1.54) is 6.07 Å². The quantitative estimate of drug-likeness (QED) is 0.809. The van der Waals surface area contributed by atoms with Crippen LogP contribution in [0.25, 0.3) is 0 Å². The molecule has 2 saturated heterocycles. The van der Waals surface area contributed by atoms with E-state index in [4.69, 9.17) is 0 Å². The van der Waals surface area contributed by atoms with Crippen molar-refractivity contribution in [2.75, 3.05) is 26.2 Å². The smallest absolute Gasteiger partial charge is 0.230 e. The highest BCUT2D eigenvalue weighted by Crippen LogP contribution is 2.40. The van der Waals surface area contributed by atoms with Gasteiger partial charge in [0.15, 0.2) is 11.6 Å². The molecule has 0 aromatic heterocycles. The number of benzene rings is 1. The van der Waals surface area contributed by atoms with Crippen molar-refractivity contribution in [2.24, 2.45) is 5.41 Å². The van der Waals surface area contributed by atoms with E-state index in [0.717, 1.165) is 37.9 Å². The Labute approximate surface area is 165 Å². The average molecular weight is 393 g/mol. The lowest BCUT2D eigenvalue weighted by molar-refractivity contribution is -0.146. The first-order valence-electron chi connectivity index (χ1n) is 10.0. The summed E-state index contributed by atoms with van der Waals surface area (Å²) in [6, 6.07) is 3.93. The number of hydrogen-bond donors (Lipinski definition) is 1. The largest absolute Gasteiger partial charge is 0.354 e. The minimum absolute atomic E-state index is 0.0332. The molecule has 2 fully saturated rings. The maximum Gasteiger partial charge on any atom is 0.230 e. The molecular weight excluding hydrogens is 364 g/mol. The van der Waals surface area contributed by atoms with Gasteiger partial charge in [-0.15, -0.1) is 0 Å². The zero-order valence-electron chi connectivity index (χ0n) is 16.6. The fourth-order valence-electron chi connectivity index (χ4n) is 4.34. The van der Waals surface area contributed by atoms with E-state index in [1.807, 2.05) is 13.8 Å². The van der Waals surface area contributed by atoms with Crippen LogP contribution < -0.4 is 5.32 Å². The van der Waals surface area contributed by atoms with Crippen molar-refractivity contribution in [3.8, 4) is 0 Å². The lowest BCUT2D eigenvalue weighted by Crippen LogP contribution is -2.49. The third-order valence-corrected chi connectivity index (χ3v) is 5.72. The van der Waals surface area contributed by atoms with Crippen LogP contribution in [0.2, 0.25) is 0 Å². The van der Waals surface area contributed by atoms with Gasteiger partial charge in [-0.3, -0.25) is 9.59 Å². The van der Waals surface area contributed by atoms with Gasteiger partial charge in [0, 0.05) is 38.6 Å². The number of nitrogens with zero attached hydrogens (tertiary/aromatic N) is 2. The zero-order valence-corrected chi connectivity index (χ0v) is 16.6. The number of rotatable bonds is 6. The number of nitrogens with one attached hydrogen (secondary N) is 1. The number of amides is 2. The van der Waals surface area contributed by atoms with Gasteiger partial charge >= 0.3 is 0 Å². The van der Waals surface area contributed by atoms with E-state index in [0.29, 0.717) is 38.2 Å². The molecule has 0 unspecified atom stereocenters. The number of halogens is 2. The highest BCUT2D eigenvalue weighted by Gasteiger charge is 2.48. The van der Waals surface area contributed by atoms with Crippen molar-refractivity contribution < 1.29 is 18.4 Å². The van der Waals surface area contributed by atoms with Gasteiger partial charge in [-0.25, -0.2) is 8.78 Å². The fraction of sp³-hybridized carbons (Fsp3) is 0.619. The summed E-state index contributed by atoms with van der Waals surface area (Å²) in [4.78, 5) is 29.0. The Kier molecular flexibility index (Phi) is 6.33. The van der Waals surface area contributed by atoms with E-state index in [9.17, 15) is 18.4 Å². The van der Waals surface area contributed by atoms with Gasteiger partial charge in [-0.1, -0.05) is 6.07 Å². The second kappa shape index (κ2) is 8.55. The number of piperidine rings is 1. The first kappa shape index (κ1) is 20.7. The van der Waals surface area contributed by atoms with Crippen LogP contribution in [-0.4, -0.2) is 53.8 Å². The first-order chi connectivity index (χ1) is 13.3. The Morgan fingerprint density at radius 1 is 1.21 bits per heavy atom. The second-order valence-electron chi connectivity index (χ2n) is 8.36. The number of carbonyl (C=O) groups is 2. The van der Waals surface area contributed by atoms with Crippen LogP contribution in [-0.2, 0) is 16.1 Å². The average Bonchev–Trinajstić information content (AvgIpc) is 3.04. The molecule has 0 aliphatic carbocycles. The van der Waals surface area contributed by atoms with Crippen LogP contribution in [0.1, 0.15) is 45.1 Å². The van der Waals surface area contributed by atoms with E-state index in [2.05, 4.69) is 10.2 Å².